The van der Waals surface area contributed by atoms with Gasteiger partial charge in [-0.2, -0.15) is 0 Å². The standard InChI is InChI=1S/C22H30N2O3S/c1-14-8-10-18(11-9-14)22-24-20(17(4)27-22)12-28(26)13-21(25)23-19-7-5-6-15(2)16(19)3/h8-11,15-16,19H,5-7,12-13H2,1-4H3,(H,23,25)/t15-,16+,19+,28-/m0/s1. The molecule has 3 rings (SSSR count). The van der Waals surface area contributed by atoms with Gasteiger partial charge < -0.3 is 9.73 Å². The average molecular weight is 403 g/mol. The van der Waals surface area contributed by atoms with E-state index in [1.165, 1.54) is 12.0 Å². The number of aromatic nitrogens is 1. The molecule has 5 nitrogen and oxygen atoms in total. The van der Waals surface area contributed by atoms with Gasteiger partial charge in [0.2, 0.25) is 11.8 Å². The molecule has 0 spiro atoms. The van der Waals surface area contributed by atoms with Crippen molar-refractivity contribution in [1.82, 2.24) is 10.3 Å². The molecule has 6 heteroatoms. The molecule has 1 aliphatic carbocycles. The molecule has 152 valence electrons. The fourth-order valence-electron chi connectivity index (χ4n) is 3.77. The minimum absolute atomic E-state index is 0.00374. The van der Waals surface area contributed by atoms with E-state index in [0.717, 1.165) is 18.4 Å². The summed E-state index contributed by atoms with van der Waals surface area (Å²) < 4.78 is 18.3. The van der Waals surface area contributed by atoms with Gasteiger partial charge in [0.1, 0.15) is 11.5 Å². The molecule has 1 N–H and O–H groups in total. The summed E-state index contributed by atoms with van der Waals surface area (Å²) in [5.41, 5.74) is 2.71. The van der Waals surface area contributed by atoms with E-state index in [0.29, 0.717) is 29.2 Å². The smallest absolute Gasteiger partial charge is 0.232 e. The van der Waals surface area contributed by atoms with Crippen LogP contribution in [-0.2, 0) is 21.3 Å². The lowest BCUT2D eigenvalue weighted by Gasteiger charge is -2.34. The van der Waals surface area contributed by atoms with Crippen LogP contribution in [0.15, 0.2) is 28.7 Å². The van der Waals surface area contributed by atoms with Crippen LogP contribution < -0.4 is 5.32 Å². The Kier molecular flexibility index (Phi) is 6.70. The fraction of sp³-hybridized carbons (Fsp3) is 0.545. The van der Waals surface area contributed by atoms with Crippen molar-refractivity contribution >= 4 is 16.7 Å². The molecule has 2 aromatic rings. The summed E-state index contributed by atoms with van der Waals surface area (Å²) in [6.07, 6.45) is 3.36. The van der Waals surface area contributed by atoms with Crippen LogP contribution in [-0.4, -0.2) is 26.9 Å². The number of hydrogen-bond donors (Lipinski definition) is 1. The van der Waals surface area contributed by atoms with E-state index in [-0.39, 0.29) is 23.5 Å². The van der Waals surface area contributed by atoms with Crippen LogP contribution in [0, 0.1) is 25.7 Å². The minimum atomic E-state index is -1.32. The number of oxazole rings is 1. The molecule has 1 heterocycles. The maximum absolute atomic E-state index is 12.5. The molecule has 1 saturated carbocycles. The highest BCUT2D eigenvalue weighted by molar-refractivity contribution is 7.84. The lowest BCUT2D eigenvalue weighted by molar-refractivity contribution is -0.120. The number of rotatable bonds is 6. The first-order chi connectivity index (χ1) is 13.3. The van der Waals surface area contributed by atoms with Crippen LogP contribution >= 0.6 is 0 Å². The molecule has 1 aromatic carbocycles. The zero-order valence-electron chi connectivity index (χ0n) is 17.2. The van der Waals surface area contributed by atoms with Crippen LogP contribution in [0.3, 0.4) is 0 Å². The summed E-state index contributed by atoms with van der Waals surface area (Å²) in [5, 5.41) is 3.09. The first-order valence-corrected chi connectivity index (χ1v) is 11.5. The van der Waals surface area contributed by atoms with Crippen LogP contribution in [0.4, 0.5) is 0 Å². The summed E-state index contributed by atoms with van der Waals surface area (Å²) in [6.45, 7) is 8.28. The predicted molar refractivity (Wildman–Crippen MR) is 112 cm³/mol. The monoisotopic (exact) mass is 402 g/mol. The van der Waals surface area contributed by atoms with Crippen molar-refractivity contribution in [3.05, 3.63) is 41.3 Å². The Hall–Kier alpha value is -1.95. The number of aryl methyl sites for hydroxylation is 2. The maximum atomic E-state index is 12.5. The molecule has 1 amide bonds. The van der Waals surface area contributed by atoms with Crippen molar-refractivity contribution in [3.63, 3.8) is 0 Å². The highest BCUT2D eigenvalue weighted by atomic mass is 32.2. The molecule has 1 aromatic heterocycles. The van der Waals surface area contributed by atoms with Crippen molar-refractivity contribution in [2.24, 2.45) is 11.8 Å². The number of nitrogens with zero attached hydrogens (tertiary/aromatic N) is 1. The van der Waals surface area contributed by atoms with Crippen LogP contribution in [0.2, 0.25) is 0 Å². The summed E-state index contributed by atoms with van der Waals surface area (Å²) in [6, 6.07) is 8.12. The first kappa shape index (κ1) is 20.8. The van der Waals surface area contributed by atoms with E-state index in [1.54, 1.807) is 0 Å². The molecular weight excluding hydrogens is 372 g/mol. The molecular formula is C22H30N2O3S. The van der Waals surface area contributed by atoms with Crippen molar-refractivity contribution < 1.29 is 13.4 Å². The zero-order valence-corrected chi connectivity index (χ0v) is 18.0. The Bertz CT molecular complexity index is 844. The zero-order chi connectivity index (χ0) is 20.3. The second-order valence-corrected chi connectivity index (χ2v) is 9.51. The van der Waals surface area contributed by atoms with Gasteiger partial charge in [-0.3, -0.25) is 9.00 Å². The molecule has 4 atom stereocenters. The lowest BCUT2D eigenvalue weighted by Crippen LogP contribution is -2.45. The number of hydrogen-bond acceptors (Lipinski definition) is 4. The Labute approximate surface area is 169 Å². The minimum Gasteiger partial charge on any atom is -0.441 e. The number of carbonyl (C=O) groups excluding carboxylic acids is 1. The van der Waals surface area contributed by atoms with Gasteiger partial charge in [-0.1, -0.05) is 44.4 Å². The summed E-state index contributed by atoms with van der Waals surface area (Å²) in [4.78, 5) is 16.9. The van der Waals surface area contributed by atoms with Crippen LogP contribution in [0.1, 0.15) is 50.1 Å². The third-order valence-electron chi connectivity index (χ3n) is 5.83. The first-order valence-electron chi connectivity index (χ1n) is 10.0. The number of carbonyl (C=O) groups is 1. The number of amides is 1. The van der Waals surface area contributed by atoms with Crippen LogP contribution in [0.5, 0.6) is 0 Å². The Morgan fingerprint density at radius 2 is 1.93 bits per heavy atom. The molecule has 0 aliphatic heterocycles. The molecule has 1 aliphatic rings. The molecule has 28 heavy (non-hydrogen) atoms. The Balaban J connectivity index is 1.57. The highest BCUT2D eigenvalue weighted by Gasteiger charge is 2.28. The van der Waals surface area contributed by atoms with Gasteiger partial charge in [-0.25, -0.2) is 4.98 Å². The van der Waals surface area contributed by atoms with E-state index in [9.17, 15) is 9.00 Å². The summed E-state index contributed by atoms with van der Waals surface area (Å²) in [5.74, 6) is 2.35. The van der Waals surface area contributed by atoms with E-state index in [2.05, 4.69) is 24.1 Å². The quantitative estimate of drug-likeness (QED) is 0.788. The van der Waals surface area contributed by atoms with Gasteiger partial charge in [0, 0.05) is 22.4 Å². The third-order valence-corrected chi connectivity index (χ3v) is 7.01. The molecule has 0 radical (unpaired) electrons. The van der Waals surface area contributed by atoms with Gasteiger partial charge in [-0.15, -0.1) is 0 Å². The van der Waals surface area contributed by atoms with Crippen molar-refractivity contribution in [3.8, 4) is 11.5 Å². The Morgan fingerprint density at radius 3 is 2.64 bits per heavy atom. The normalized spacial score (nSPS) is 23.4. The van der Waals surface area contributed by atoms with Crippen LogP contribution in [0.25, 0.3) is 11.5 Å². The van der Waals surface area contributed by atoms with Crippen molar-refractivity contribution in [1.29, 1.82) is 0 Å². The van der Waals surface area contributed by atoms with E-state index < -0.39 is 10.8 Å². The third kappa shape index (κ3) is 5.10. The van der Waals surface area contributed by atoms with Crippen molar-refractivity contribution in [2.75, 3.05) is 5.75 Å². The molecule has 0 unspecified atom stereocenters. The number of nitrogens with one attached hydrogen (secondary N) is 1. The van der Waals surface area contributed by atoms with Gasteiger partial charge in [0.05, 0.1) is 11.4 Å². The Morgan fingerprint density at radius 1 is 1.21 bits per heavy atom. The van der Waals surface area contributed by atoms with E-state index in [1.807, 2.05) is 38.1 Å². The van der Waals surface area contributed by atoms with E-state index in [4.69, 9.17) is 4.42 Å². The summed E-state index contributed by atoms with van der Waals surface area (Å²) in [7, 11) is -1.32. The maximum Gasteiger partial charge on any atom is 0.232 e. The van der Waals surface area contributed by atoms with E-state index >= 15 is 0 Å². The van der Waals surface area contributed by atoms with Gasteiger partial charge in [0.15, 0.2) is 0 Å². The fourth-order valence-corrected chi connectivity index (χ4v) is 4.82. The predicted octanol–water partition coefficient (Wildman–Crippen LogP) is 4.15. The van der Waals surface area contributed by atoms with Gasteiger partial charge in [0.25, 0.3) is 0 Å². The SMILES string of the molecule is Cc1ccc(-c2nc(C[S@](=O)CC(=O)N[C@@H]3CCC[C@H](C)[C@H]3C)c(C)o2)cc1. The summed E-state index contributed by atoms with van der Waals surface area (Å²) >= 11 is 0. The largest absolute Gasteiger partial charge is 0.441 e. The van der Waals surface area contributed by atoms with Crippen molar-refractivity contribution in [2.45, 2.75) is 58.8 Å². The molecule has 1 fully saturated rings. The molecule has 0 saturated heterocycles. The number of benzene rings is 1. The average Bonchev–Trinajstić information content (AvgIpc) is 3.00. The second-order valence-electron chi connectivity index (χ2n) is 8.06. The second kappa shape index (κ2) is 9.03. The topological polar surface area (TPSA) is 72.2 Å². The molecule has 0 bridgehead atoms. The van der Waals surface area contributed by atoms with Gasteiger partial charge in [-0.05, 0) is 44.2 Å². The highest BCUT2D eigenvalue weighted by Crippen LogP contribution is 2.29. The van der Waals surface area contributed by atoms with Gasteiger partial charge >= 0.3 is 0 Å². The lowest BCUT2D eigenvalue weighted by atomic mass is 9.78.